The van der Waals surface area contributed by atoms with Gasteiger partial charge in [0.1, 0.15) is 0 Å². The van der Waals surface area contributed by atoms with Crippen molar-refractivity contribution in [3.8, 4) is 0 Å². The molecule has 2 aromatic carbocycles. The second kappa shape index (κ2) is 7.34. The molecule has 1 atom stereocenters. The van der Waals surface area contributed by atoms with Crippen molar-refractivity contribution in [2.24, 2.45) is 0 Å². The van der Waals surface area contributed by atoms with E-state index in [1.54, 1.807) is 48.3 Å². The minimum atomic E-state index is -3.35. The number of halogens is 2. The van der Waals surface area contributed by atoms with Crippen LogP contribution in [0.1, 0.15) is 28.4 Å². The molecule has 1 aliphatic heterocycles. The van der Waals surface area contributed by atoms with Gasteiger partial charge in [-0.1, -0.05) is 29.3 Å². The fourth-order valence-electron chi connectivity index (χ4n) is 3.44. The lowest BCUT2D eigenvalue weighted by Gasteiger charge is -2.22. The van der Waals surface area contributed by atoms with Gasteiger partial charge in [-0.3, -0.25) is 9.10 Å². The van der Waals surface area contributed by atoms with Crippen molar-refractivity contribution < 1.29 is 13.2 Å². The molecule has 0 N–H and O–H groups in total. The van der Waals surface area contributed by atoms with Gasteiger partial charge < -0.3 is 4.90 Å². The number of hydrogen-bond donors (Lipinski definition) is 0. The average molecular weight is 427 g/mol. The molecule has 2 aromatic rings. The maximum atomic E-state index is 12.8. The van der Waals surface area contributed by atoms with Gasteiger partial charge in [-0.15, -0.1) is 0 Å². The Morgan fingerprint density at radius 3 is 2.56 bits per heavy atom. The molecule has 0 saturated heterocycles. The quantitative estimate of drug-likeness (QED) is 0.742. The van der Waals surface area contributed by atoms with Crippen LogP contribution in [0.15, 0.2) is 36.4 Å². The zero-order valence-electron chi connectivity index (χ0n) is 15.2. The van der Waals surface area contributed by atoms with Crippen LogP contribution in [0.5, 0.6) is 0 Å². The van der Waals surface area contributed by atoms with Crippen LogP contribution in [0.4, 0.5) is 5.69 Å². The lowest BCUT2D eigenvalue weighted by Crippen LogP contribution is -2.34. The number of rotatable bonds is 4. The first-order chi connectivity index (χ1) is 12.6. The summed E-state index contributed by atoms with van der Waals surface area (Å²) in [4.78, 5) is 14.4. The Morgan fingerprint density at radius 2 is 1.93 bits per heavy atom. The summed E-state index contributed by atoms with van der Waals surface area (Å²) in [6.45, 7) is 2.20. The topological polar surface area (TPSA) is 57.7 Å². The van der Waals surface area contributed by atoms with Crippen molar-refractivity contribution in [3.05, 3.63) is 63.1 Å². The Balaban J connectivity index is 1.83. The van der Waals surface area contributed by atoms with Crippen LogP contribution < -0.4 is 4.31 Å². The zero-order chi connectivity index (χ0) is 19.9. The van der Waals surface area contributed by atoms with Crippen LogP contribution in [0.3, 0.4) is 0 Å². The minimum absolute atomic E-state index is 0.158. The van der Waals surface area contributed by atoms with Gasteiger partial charge in [-0.2, -0.15) is 0 Å². The number of sulfonamides is 1. The van der Waals surface area contributed by atoms with Gasteiger partial charge >= 0.3 is 0 Å². The third kappa shape index (κ3) is 4.08. The number of hydrogen-bond acceptors (Lipinski definition) is 3. The summed E-state index contributed by atoms with van der Waals surface area (Å²) in [5.41, 5.74) is 2.82. The molecule has 0 aromatic heterocycles. The summed E-state index contributed by atoms with van der Waals surface area (Å²) >= 11 is 12.1. The van der Waals surface area contributed by atoms with Gasteiger partial charge in [0.2, 0.25) is 10.0 Å². The van der Waals surface area contributed by atoms with Crippen molar-refractivity contribution in [1.29, 1.82) is 0 Å². The van der Waals surface area contributed by atoms with Gasteiger partial charge in [-0.05, 0) is 54.8 Å². The molecule has 144 valence electrons. The normalized spacial score (nSPS) is 16.3. The molecule has 1 heterocycles. The average Bonchev–Trinajstić information content (AvgIpc) is 2.91. The fraction of sp³-hybridized carbons (Fsp3) is 0.316. The molecule has 1 aliphatic rings. The monoisotopic (exact) mass is 426 g/mol. The SMILES string of the molecule is C[C@H]1Cc2cc(C(=O)N(C)Cc3ccc(Cl)cc3Cl)ccc2N1S(C)(=O)=O. The third-order valence-electron chi connectivity index (χ3n) is 4.61. The van der Waals surface area contributed by atoms with E-state index in [2.05, 4.69) is 0 Å². The van der Waals surface area contributed by atoms with Crippen molar-refractivity contribution in [2.45, 2.75) is 25.9 Å². The Hall–Kier alpha value is -1.76. The second-order valence-electron chi connectivity index (χ2n) is 6.85. The summed E-state index contributed by atoms with van der Waals surface area (Å²) in [6.07, 6.45) is 1.78. The van der Waals surface area contributed by atoms with E-state index in [-0.39, 0.29) is 11.9 Å². The summed E-state index contributed by atoms with van der Waals surface area (Å²) in [5, 5.41) is 1.05. The van der Waals surface area contributed by atoms with Gasteiger partial charge in [0.25, 0.3) is 5.91 Å². The van der Waals surface area contributed by atoms with E-state index in [1.807, 2.05) is 6.92 Å². The molecule has 0 saturated carbocycles. The predicted octanol–water partition coefficient (Wildman–Crippen LogP) is 3.98. The molecule has 27 heavy (non-hydrogen) atoms. The number of carbonyl (C=O) groups excluding carboxylic acids is 1. The highest BCUT2D eigenvalue weighted by atomic mass is 35.5. The third-order valence-corrected chi connectivity index (χ3v) is 6.46. The Kier molecular flexibility index (Phi) is 5.43. The van der Waals surface area contributed by atoms with E-state index >= 15 is 0 Å². The summed E-state index contributed by atoms with van der Waals surface area (Å²) < 4.78 is 25.5. The summed E-state index contributed by atoms with van der Waals surface area (Å²) in [7, 11) is -1.65. The van der Waals surface area contributed by atoms with E-state index in [0.717, 1.165) is 11.1 Å². The van der Waals surface area contributed by atoms with Crippen molar-refractivity contribution in [3.63, 3.8) is 0 Å². The zero-order valence-corrected chi connectivity index (χ0v) is 17.6. The standard InChI is InChI=1S/C19H20Cl2N2O3S/c1-12-8-15-9-13(5-7-18(15)23(12)27(3,25)26)19(24)22(2)11-14-4-6-16(20)10-17(14)21/h4-7,9-10,12H,8,11H2,1-3H3/t12-/m0/s1. The molecule has 5 nitrogen and oxygen atoms in total. The summed E-state index contributed by atoms with van der Waals surface area (Å²) in [5.74, 6) is -0.158. The van der Waals surface area contributed by atoms with E-state index < -0.39 is 10.0 Å². The fourth-order valence-corrected chi connectivity index (χ4v) is 5.17. The molecule has 3 rings (SSSR count). The van der Waals surface area contributed by atoms with Crippen molar-refractivity contribution in [1.82, 2.24) is 4.90 Å². The summed E-state index contributed by atoms with van der Waals surface area (Å²) in [6, 6.07) is 10.2. The maximum Gasteiger partial charge on any atom is 0.253 e. The van der Waals surface area contributed by atoms with E-state index in [1.165, 1.54) is 10.6 Å². The number of anilines is 1. The van der Waals surface area contributed by atoms with Crippen LogP contribution in [-0.2, 0) is 23.0 Å². The molecule has 0 bridgehead atoms. The molecule has 0 aliphatic carbocycles. The van der Waals surface area contributed by atoms with Gasteiger partial charge in [0, 0.05) is 35.2 Å². The van der Waals surface area contributed by atoms with Crippen LogP contribution in [0.2, 0.25) is 10.0 Å². The number of benzene rings is 2. The molecule has 0 radical (unpaired) electrons. The van der Waals surface area contributed by atoms with E-state index in [0.29, 0.717) is 34.3 Å². The molecular formula is C19H20Cl2N2O3S. The molecule has 0 unspecified atom stereocenters. The Morgan fingerprint density at radius 1 is 1.22 bits per heavy atom. The van der Waals surface area contributed by atoms with Gasteiger partial charge in [0.15, 0.2) is 0 Å². The molecule has 1 amide bonds. The van der Waals surface area contributed by atoms with Crippen LogP contribution >= 0.6 is 23.2 Å². The highest BCUT2D eigenvalue weighted by Gasteiger charge is 2.33. The van der Waals surface area contributed by atoms with Gasteiger partial charge in [-0.25, -0.2) is 8.42 Å². The van der Waals surface area contributed by atoms with Crippen molar-refractivity contribution >= 4 is 44.8 Å². The van der Waals surface area contributed by atoms with Gasteiger partial charge in [0.05, 0.1) is 11.9 Å². The smallest absolute Gasteiger partial charge is 0.253 e. The minimum Gasteiger partial charge on any atom is -0.337 e. The lowest BCUT2D eigenvalue weighted by atomic mass is 10.1. The predicted molar refractivity (Wildman–Crippen MR) is 109 cm³/mol. The van der Waals surface area contributed by atoms with Crippen LogP contribution in [-0.4, -0.2) is 38.6 Å². The second-order valence-corrected chi connectivity index (χ2v) is 9.56. The first kappa shape index (κ1) is 20.0. The molecule has 0 spiro atoms. The number of carbonyl (C=O) groups is 1. The van der Waals surface area contributed by atoms with E-state index in [4.69, 9.17) is 23.2 Å². The Bertz CT molecular complexity index is 1010. The largest absolute Gasteiger partial charge is 0.337 e. The molecule has 0 fully saturated rings. The van der Waals surface area contributed by atoms with Crippen molar-refractivity contribution in [2.75, 3.05) is 17.6 Å². The number of amides is 1. The molecule has 8 heteroatoms. The van der Waals surface area contributed by atoms with Crippen LogP contribution in [0.25, 0.3) is 0 Å². The number of fused-ring (bicyclic) bond motifs is 1. The van der Waals surface area contributed by atoms with E-state index in [9.17, 15) is 13.2 Å². The number of nitrogens with zero attached hydrogens (tertiary/aromatic N) is 2. The Labute approximate surface area is 169 Å². The first-order valence-electron chi connectivity index (χ1n) is 8.39. The highest BCUT2D eigenvalue weighted by molar-refractivity contribution is 7.92. The van der Waals surface area contributed by atoms with Crippen LogP contribution in [0, 0.1) is 0 Å². The maximum absolute atomic E-state index is 12.8. The lowest BCUT2D eigenvalue weighted by molar-refractivity contribution is 0.0785. The highest BCUT2D eigenvalue weighted by Crippen LogP contribution is 2.35. The molecular weight excluding hydrogens is 407 g/mol. The first-order valence-corrected chi connectivity index (χ1v) is 11.0.